The number of aromatic amines is 1. The summed E-state index contributed by atoms with van der Waals surface area (Å²) < 4.78 is 0.908. The molecule has 0 bridgehead atoms. The maximum Gasteiger partial charge on any atom is 0.280 e. The molecule has 0 saturated heterocycles. The van der Waals surface area contributed by atoms with E-state index in [0.29, 0.717) is 0 Å². The van der Waals surface area contributed by atoms with Gasteiger partial charge in [-0.1, -0.05) is 0 Å². The van der Waals surface area contributed by atoms with Gasteiger partial charge < -0.3 is 5.32 Å². The molecule has 0 amide bonds. The molecular weight excluding hydrogens is 206 g/mol. The summed E-state index contributed by atoms with van der Waals surface area (Å²) in [5, 5.41) is 14.2. The van der Waals surface area contributed by atoms with Gasteiger partial charge in [0, 0.05) is 12.1 Å². The number of nitrogens with zero attached hydrogens (tertiary/aromatic N) is 3. The number of nitrogens with one attached hydrogen (secondary N) is 2. The van der Waals surface area contributed by atoms with Gasteiger partial charge in [-0.05, 0) is 0 Å². The van der Waals surface area contributed by atoms with E-state index in [2.05, 4.69) is 30.3 Å². The highest BCUT2D eigenvalue weighted by Crippen LogP contribution is 2.05. The summed E-state index contributed by atoms with van der Waals surface area (Å²) >= 11 is 0. The maximum absolute atomic E-state index is 11.4. The molecule has 0 fully saturated rings. The molecule has 0 unspecified atom stereocenters. The fourth-order valence-corrected chi connectivity index (χ4v) is 1.10. The Labute approximate surface area is 82.1 Å². The number of H-pyrrole nitrogens is 1. The van der Waals surface area contributed by atoms with Crippen molar-refractivity contribution in [2.24, 2.45) is 0 Å². The van der Waals surface area contributed by atoms with Crippen molar-refractivity contribution < 1.29 is 15.3 Å². The molecule has 2 rings (SSSR count). The van der Waals surface area contributed by atoms with E-state index in [1.807, 2.05) is 0 Å². The zero-order valence-electron chi connectivity index (χ0n) is 7.59. The second kappa shape index (κ2) is 3.55. The molecule has 9 nitrogen and oxygen atoms in total. The van der Waals surface area contributed by atoms with E-state index in [4.69, 9.17) is 5.26 Å². The Bertz CT molecular complexity index is 532. The second-order valence-corrected chi connectivity index (χ2v) is 2.56. The molecule has 0 aliphatic heterocycles. The van der Waals surface area contributed by atoms with Crippen molar-refractivity contribution in [3.05, 3.63) is 16.7 Å². The van der Waals surface area contributed by atoms with Gasteiger partial charge in [0.15, 0.2) is 5.52 Å². The minimum absolute atomic E-state index is 0.0750. The molecule has 80 valence electrons. The highest BCUT2D eigenvalue weighted by molar-refractivity contribution is 5.70. The second-order valence-electron chi connectivity index (χ2n) is 2.56. The molecule has 0 aliphatic carbocycles. The van der Waals surface area contributed by atoms with Gasteiger partial charge in [-0.15, -0.1) is 4.73 Å². The van der Waals surface area contributed by atoms with Gasteiger partial charge in [0.25, 0.3) is 5.56 Å². The predicted molar refractivity (Wildman–Crippen MR) is 48.0 cm³/mol. The van der Waals surface area contributed by atoms with Crippen LogP contribution in [0.1, 0.15) is 0 Å². The van der Waals surface area contributed by atoms with E-state index in [-0.39, 0.29) is 17.1 Å². The molecule has 0 radical (unpaired) electrons. The lowest BCUT2D eigenvalue weighted by molar-refractivity contribution is -0.484. The predicted octanol–water partition coefficient (Wildman–Crippen LogP) is -1.01. The van der Waals surface area contributed by atoms with Crippen LogP contribution < -0.4 is 15.9 Å². The monoisotopic (exact) mass is 213 g/mol. The summed E-state index contributed by atoms with van der Waals surface area (Å²) in [5.41, 5.74) is -0.229. The van der Waals surface area contributed by atoms with E-state index < -0.39 is 5.56 Å². The summed E-state index contributed by atoms with van der Waals surface area (Å²) in [5.74, 6) is 0.246. The van der Waals surface area contributed by atoms with Crippen LogP contribution in [0.2, 0.25) is 0 Å². The maximum atomic E-state index is 11.4. The zero-order valence-corrected chi connectivity index (χ0v) is 7.59. The van der Waals surface area contributed by atoms with Gasteiger partial charge in [0.05, 0.1) is 0 Å². The summed E-state index contributed by atoms with van der Waals surface area (Å²) in [4.78, 5) is 25.8. The van der Waals surface area contributed by atoms with Crippen molar-refractivity contribution in [1.82, 2.24) is 19.7 Å². The summed E-state index contributed by atoms with van der Waals surface area (Å²) in [7, 11) is 1.59. The molecule has 2 aromatic rings. The zero-order chi connectivity index (χ0) is 10.8. The van der Waals surface area contributed by atoms with Crippen molar-refractivity contribution in [1.29, 1.82) is 0 Å². The third-order valence-electron chi connectivity index (χ3n) is 1.73. The molecule has 15 heavy (non-hydrogen) atoms. The van der Waals surface area contributed by atoms with Gasteiger partial charge in [-0.2, -0.15) is 4.98 Å². The van der Waals surface area contributed by atoms with Crippen molar-refractivity contribution in [3.8, 4) is 0 Å². The summed E-state index contributed by atoms with van der Waals surface area (Å²) in [6.07, 6.45) is 1.14. The van der Waals surface area contributed by atoms with Crippen LogP contribution in [0.25, 0.3) is 11.2 Å². The molecule has 3 N–H and O–H groups in total. The molecule has 0 saturated carbocycles. The Morgan fingerprint density at radius 2 is 2.47 bits per heavy atom. The van der Waals surface area contributed by atoms with Crippen molar-refractivity contribution in [3.63, 3.8) is 0 Å². The SMILES string of the molecule is CNc1nc2c(ncn2OOO)c(=O)[nH]1. The lowest BCUT2D eigenvalue weighted by atomic mass is 10.5. The van der Waals surface area contributed by atoms with Crippen molar-refractivity contribution in [2.45, 2.75) is 0 Å². The van der Waals surface area contributed by atoms with Gasteiger partial charge in [-0.25, -0.2) is 15.2 Å². The van der Waals surface area contributed by atoms with Crippen molar-refractivity contribution >= 4 is 17.1 Å². The molecular formula is C6H7N5O4. The number of rotatable bonds is 3. The molecule has 0 aliphatic rings. The number of hydrogen-bond acceptors (Lipinski definition) is 7. The van der Waals surface area contributed by atoms with E-state index in [0.717, 1.165) is 11.1 Å². The average molecular weight is 213 g/mol. The van der Waals surface area contributed by atoms with Gasteiger partial charge in [-0.3, -0.25) is 9.78 Å². The summed E-state index contributed by atoms with van der Waals surface area (Å²) in [6, 6.07) is 0. The molecule has 0 aromatic carbocycles. The first-order valence-electron chi connectivity index (χ1n) is 3.90. The van der Waals surface area contributed by atoms with E-state index >= 15 is 0 Å². The Balaban J connectivity index is 2.67. The Kier molecular flexibility index (Phi) is 2.23. The van der Waals surface area contributed by atoms with E-state index in [1.54, 1.807) is 7.05 Å². The van der Waals surface area contributed by atoms with Crippen LogP contribution >= 0.6 is 0 Å². The third kappa shape index (κ3) is 1.49. The van der Waals surface area contributed by atoms with Gasteiger partial charge in [0.2, 0.25) is 11.6 Å². The highest BCUT2D eigenvalue weighted by atomic mass is 17.5. The van der Waals surface area contributed by atoms with Crippen LogP contribution in [0.5, 0.6) is 0 Å². The normalized spacial score (nSPS) is 10.5. The Morgan fingerprint density at radius 3 is 3.13 bits per heavy atom. The van der Waals surface area contributed by atoms with Crippen LogP contribution in [-0.4, -0.2) is 32.0 Å². The smallest absolute Gasteiger partial charge is 0.280 e. The first-order chi connectivity index (χ1) is 7.26. The highest BCUT2D eigenvalue weighted by Gasteiger charge is 2.10. The minimum Gasteiger partial charge on any atom is -0.359 e. The number of anilines is 1. The van der Waals surface area contributed by atoms with E-state index in [9.17, 15) is 4.79 Å². The molecule has 2 aromatic heterocycles. The topological polar surface area (TPSA) is 114 Å². The van der Waals surface area contributed by atoms with E-state index in [1.165, 1.54) is 0 Å². The third-order valence-corrected chi connectivity index (χ3v) is 1.73. The quantitative estimate of drug-likeness (QED) is 0.442. The van der Waals surface area contributed by atoms with Crippen LogP contribution in [0.3, 0.4) is 0 Å². The van der Waals surface area contributed by atoms with Crippen LogP contribution in [-0.2, 0) is 5.04 Å². The van der Waals surface area contributed by atoms with Crippen LogP contribution in [0, 0.1) is 0 Å². The number of aromatic nitrogens is 4. The summed E-state index contributed by atoms with van der Waals surface area (Å²) in [6.45, 7) is 0. The molecule has 0 atom stereocenters. The lowest BCUT2D eigenvalue weighted by Crippen LogP contribution is -2.14. The average Bonchev–Trinajstić information content (AvgIpc) is 2.63. The first-order valence-corrected chi connectivity index (χ1v) is 3.90. The number of hydrogen-bond donors (Lipinski definition) is 3. The van der Waals surface area contributed by atoms with Crippen LogP contribution in [0.15, 0.2) is 11.1 Å². The largest absolute Gasteiger partial charge is 0.359 e. The standard InChI is InChI=1S/C6H7N5O4/c1-7-6-9-4-3(5(12)10-6)8-2-11(4)14-15-13/h2,13H,1H3,(H2,7,9,10,12). The molecule has 0 spiro atoms. The van der Waals surface area contributed by atoms with Crippen molar-refractivity contribution in [2.75, 3.05) is 12.4 Å². The van der Waals surface area contributed by atoms with Gasteiger partial charge in [0.1, 0.15) is 6.33 Å². The minimum atomic E-state index is -0.426. The fraction of sp³-hybridized carbons (Fsp3) is 0.167. The molecule has 2 heterocycles. The number of imidazole rings is 1. The Hall–Kier alpha value is -2.13. The fourth-order valence-electron chi connectivity index (χ4n) is 1.10. The first kappa shape index (κ1) is 9.43. The lowest BCUT2D eigenvalue weighted by Gasteiger charge is -2.00. The van der Waals surface area contributed by atoms with Gasteiger partial charge >= 0.3 is 0 Å². The molecule has 9 heteroatoms. The Morgan fingerprint density at radius 1 is 1.67 bits per heavy atom. The van der Waals surface area contributed by atoms with Crippen LogP contribution in [0.4, 0.5) is 5.95 Å². The number of fused-ring (bicyclic) bond motifs is 1.